The number of ether oxygens (including phenoxy) is 2. The number of anilines is 1. The van der Waals surface area contributed by atoms with E-state index in [0.717, 1.165) is 43.3 Å². The van der Waals surface area contributed by atoms with Gasteiger partial charge in [0.1, 0.15) is 13.2 Å². The van der Waals surface area contributed by atoms with Gasteiger partial charge >= 0.3 is 0 Å². The number of rotatable bonds is 4. The molecule has 2 aliphatic rings. The molecule has 148 valence electrons. The molecule has 3 heterocycles. The fourth-order valence-corrected chi connectivity index (χ4v) is 3.71. The van der Waals surface area contributed by atoms with Crippen LogP contribution in [0.4, 0.5) is 5.95 Å². The first kappa shape index (κ1) is 18.5. The summed E-state index contributed by atoms with van der Waals surface area (Å²) in [6.45, 7) is 7.55. The number of hydrogen-bond acceptors (Lipinski definition) is 6. The molecule has 7 nitrogen and oxygen atoms in total. The fourth-order valence-electron chi connectivity index (χ4n) is 3.71. The number of nitrogens with zero attached hydrogens (tertiary/aromatic N) is 3. The first-order valence-electron chi connectivity index (χ1n) is 9.83. The average molecular weight is 382 g/mol. The van der Waals surface area contributed by atoms with Crippen LogP contribution in [0.25, 0.3) is 0 Å². The maximum Gasteiger partial charge on any atom is 0.251 e. The lowest BCUT2D eigenvalue weighted by Gasteiger charge is -2.32. The Morgan fingerprint density at radius 3 is 2.46 bits per heavy atom. The molecular weight excluding hydrogens is 356 g/mol. The van der Waals surface area contributed by atoms with Crippen molar-refractivity contribution in [2.75, 3.05) is 37.7 Å². The highest BCUT2D eigenvalue weighted by Crippen LogP contribution is 2.30. The molecule has 1 N–H and O–H groups in total. The largest absolute Gasteiger partial charge is 0.486 e. The Morgan fingerprint density at radius 1 is 1.07 bits per heavy atom. The highest BCUT2D eigenvalue weighted by atomic mass is 16.6. The van der Waals surface area contributed by atoms with Crippen LogP contribution in [0.1, 0.15) is 34.6 Å². The Morgan fingerprint density at radius 2 is 1.75 bits per heavy atom. The van der Waals surface area contributed by atoms with E-state index < -0.39 is 0 Å². The number of aryl methyl sites for hydroxylation is 2. The van der Waals surface area contributed by atoms with Crippen LogP contribution in [-0.4, -0.2) is 48.7 Å². The Kier molecular flexibility index (Phi) is 5.32. The summed E-state index contributed by atoms with van der Waals surface area (Å²) in [7, 11) is 0. The lowest BCUT2D eigenvalue weighted by Crippen LogP contribution is -2.39. The number of aromatic nitrogens is 2. The summed E-state index contributed by atoms with van der Waals surface area (Å²) < 4.78 is 11.1. The van der Waals surface area contributed by atoms with Crippen LogP contribution in [0.2, 0.25) is 0 Å². The Labute approximate surface area is 165 Å². The van der Waals surface area contributed by atoms with E-state index in [9.17, 15) is 4.79 Å². The second-order valence-electron chi connectivity index (χ2n) is 7.45. The molecule has 0 aliphatic carbocycles. The Hall–Kier alpha value is -2.83. The molecule has 1 fully saturated rings. The predicted octanol–water partition coefficient (Wildman–Crippen LogP) is 2.51. The summed E-state index contributed by atoms with van der Waals surface area (Å²) in [6, 6.07) is 7.32. The van der Waals surface area contributed by atoms with Crippen LogP contribution in [0.3, 0.4) is 0 Å². The molecule has 4 rings (SSSR count). The van der Waals surface area contributed by atoms with E-state index in [4.69, 9.17) is 9.47 Å². The van der Waals surface area contributed by atoms with Crippen molar-refractivity contribution in [3.63, 3.8) is 0 Å². The molecule has 28 heavy (non-hydrogen) atoms. The van der Waals surface area contributed by atoms with Gasteiger partial charge in [-0.1, -0.05) is 0 Å². The van der Waals surface area contributed by atoms with Crippen molar-refractivity contribution in [3.05, 3.63) is 41.2 Å². The number of fused-ring (bicyclic) bond motifs is 1. The minimum absolute atomic E-state index is 0.0722. The van der Waals surface area contributed by atoms with E-state index in [1.54, 1.807) is 18.2 Å². The van der Waals surface area contributed by atoms with Gasteiger partial charge in [0.2, 0.25) is 5.95 Å². The van der Waals surface area contributed by atoms with Gasteiger partial charge in [0.15, 0.2) is 11.5 Å². The monoisotopic (exact) mass is 382 g/mol. The lowest BCUT2D eigenvalue weighted by atomic mass is 9.97. The summed E-state index contributed by atoms with van der Waals surface area (Å²) in [6.07, 6.45) is 2.02. The van der Waals surface area contributed by atoms with Gasteiger partial charge in [-0.15, -0.1) is 0 Å². The molecule has 0 spiro atoms. The maximum atomic E-state index is 12.5. The molecular formula is C21H26N4O3. The minimum atomic E-state index is -0.0722. The Balaban J connectivity index is 1.29. The third-order valence-corrected chi connectivity index (χ3v) is 5.22. The summed E-state index contributed by atoms with van der Waals surface area (Å²) >= 11 is 0. The van der Waals surface area contributed by atoms with Gasteiger partial charge in [-0.2, -0.15) is 0 Å². The molecule has 0 atom stereocenters. The Bertz CT molecular complexity index is 842. The van der Waals surface area contributed by atoms with E-state index in [0.29, 0.717) is 42.7 Å². The van der Waals surface area contributed by atoms with Crippen molar-refractivity contribution >= 4 is 11.9 Å². The number of hydrogen-bond donors (Lipinski definition) is 1. The summed E-state index contributed by atoms with van der Waals surface area (Å²) in [5, 5.41) is 3.06. The fraction of sp³-hybridized carbons (Fsp3) is 0.476. The zero-order chi connectivity index (χ0) is 19.5. The number of benzene rings is 1. The molecule has 2 aliphatic heterocycles. The topological polar surface area (TPSA) is 76.6 Å². The molecule has 0 bridgehead atoms. The van der Waals surface area contributed by atoms with Gasteiger partial charge in [0.25, 0.3) is 5.91 Å². The third-order valence-electron chi connectivity index (χ3n) is 5.22. The molecule has 0 saturated carbocycles. The molecule has 1 aromatic carbocycles. The highest BCUT2D eigenvalue weighted by molar-refractivity contribution is 5.94. The van der Waals surface area contributed by atoms with Crippen LogP contribution in [0.5, 0.6) is 11.5 Å². The second-order valence-corrected chi connectivity index (χ2v) is 7.45. The smallest absolute Gasteiger partial charge is 0.251 e. The van der Waals surface area contributed by atoms with Crippen molar-refractivity contribution < 1.29 is 14.3 Å². The van der Waals surface area contributed by atoms with Crippen LogP contribution >= 0.6 is 0 Å². The van der Waals surface area contributed by atoms with E-state index in [2.05, 4.69) is 20.2 Å². The number of nitrogens with one attached hydrogen (secondary N) is 1. The maximum absolute atomic E-state index is 12.5. The third kappa shape index (κ3) is 4.18. The molecule has 2 aromatic rings. The molecule has 1 aromatic heterocycles. The predicted molar refractivity (Wildman–Crippen MR) is 106 cm³/mol. The van der Waals surface area contributed by atoms with Gasteiger partial charge in [0, 0.05) is 36.6 Å². The molecule has 0 radical (unpaired) electrons. The SMILES string of the molecule is Cc1cc(C)nc(N2CCC(CNC(=O)c3ccc4c(c3)OCCO4)CC2)n1. The molecule has 0 unspecified atom stereocenters. The van der Waals surface area contributed by atoms with Crippen molar-refractivity contribution in [2.45, 2.75) is 26.7 Å². The van der Waals surface area contributed by atoms with E-state index in [-0.39, 0.29) is 5.91 Å². The summed E-state index contributed by atoms with van der Waals surface area (Å²) in [4.78, 5) is 23.8. The van der Waals surface area contributed by atoms with Crippen molar-refractivity contribution in [1.29, 1.82) is 0 Å². The van der Waals surface area contributed by atoms with Crippen molar-refractivity contribution in [2.24, 2.45) is 5.92 Å². The van der Waals surface area contributed by atoms with E-state index >= 15 is 0 Å². The second kappa shape index (κ2) is 8.04. The summed E-state index contributed by atoms with van der Waals surface area (Å²) in [5.74, 6) is 2.54. The van der Waals surface area contributed by atoms with Crippen LogP contribution in [0, 0.1) is 19.8 Å². The summed E-state index contributed by atoms with van der Waals surface area (Å²) in [5.41, 5.74) is 2.60. The van der Waals surface area contributed by atoms with E-state index in [1.807, 2.05) is 19.9 Å². The van der Waals surface area contributed by atoms with Gasteiger partial charge in [-0.3, -0.25) is 4.79 Å². The number of amides is 1. The van der Waals surface area contributed by atoms with Crippen LogP contribution in [-0.2, 0) is 0 Å². The van der Waals surface area contributed by atoms with Crippen molar-refractivity contribution in [3.8, 4) is 11.5 Å². The zero-order valence-electron chi connectivity index (χ0n) is 16.4. The molecule has 7 heteroatoms. The standard InChI is InChI=1S/C21H26N4O3/c1-14-11-15(2)24-21(23-14)25-7-5-16(6-8-25)13-22-20(26)17-3-4-18-19(12-17)28-10-9-27-18/h3-4,11-12,16H,5-10,13H2,1-2H3,(H,22,26). The lowest BCUT2D eigenvalue weighted by molar-refractivity contribution is 0.0943. The number of piperidine rings is 1. The van der Waals surface area contributed by atoms with Gasteiger partial charge in [0.05, 0.1) is 0 Å². The molecule has 1 amide bonds. The first-order valence-corrected chi connectivity index (χ1v) is 9.83. The van der Waals surface area contributed by atoms with Gasteiger partial charge < -0.3 is 19.7 Å². The quantitative estimate of drug-likeness (QED) is 0.876. The van der Waals surface area contributed by atoms with Gasteiger partial charge in [-0.25, -0.2) is 9.97 Å². The average Bonchev–Trinajstić information content (AvgIpc) is 2.71. The van der Waals surface area contributed by atoms with Gasteiger partial charge in [-0.05, 0) is 56.9 Å². The zero-order valence-corrected chi connectivity index (χ0v) is 16.4. The van der Waals surface area contributed by atoms with Crippen molar-refractivity contribution in [1.82, 2.24) is 15.3 Å². The number of carbonyl (C=O) groups is 1. The van der Waals surface area contributed by atoms with E-state index in [1.165, 1.54) is 0 Å². The minimum Gasteiger partial charge on any atom is -0.486 e. The van der Waals surface area contributed by atoms with Crippen LogP contribution < -0.4 is 19.7 Å². The first-order chi connectivity index (χ1) is 13.6. The normalized spacial score (nSPS) is 16.7. The molecule has 1 saturated heterocycles. The van der Waals surface area contributed by atoms with Crippen LogP contribution in [0.15, 0.2) is 24.3 Å². The number of carbonyl (C=O) groups excluding carboxylic acids is 1. The highest BCUT2D eigenvalue weighted by Gasteiger charge is 2.22.